The summed E-state index contributed by atoms with van der Waals surface area (Å²) in [6.45, 7) is 2.13. The van der Waals surface area contributed by atoms with E-state index >= 15 is 0 Å². The molecule has 2 heterocycles. The van der Waals surface area contributed by atoms with E-state index in [0.717, 1.165) is 10.5 Å². The Morgan fingerprint density at radius 3 is 2.86 bits per heavy atom. The standard InChI is InChI=1S/C15H15NO3S3/c1-2-19-12(17)8-6-10(5-7-11-4-3-9-21-11)13-14(18)16-15(20)22-13/h3-5,7,9H,2,6,8H2,1H3,(H,16,18,20). The van der Waals surface area contributed by atoms with Gasteiger partial charge in [-0.15, -0.1) is 11.3 Å². The first-order chi connectivity index (χ1) is 10.6. The second-order valence-electron chi connectivity index (χ2n) is 4.35. The van der Waals surface area contributed by atoms with Gasteiger partial charge in [0.1, 0.15) is 4.32 Å². The largest absolute Gasteiger partial charge is 0.466 e. The Morgan fingerprint density at radius 2 is 2.27 bits per heavy atom. The van der Waals surface area contributed by atoms with Gasteiger partial charge in [-0.05, 0) is 36.4 Å². The maximum Gasteiger partial charge on any atom is 0.306 e. The molecule has 0 spiro atoms. The van der Waals surface area contributed by atoms with Gasteiger partial charge in [0.05, 0.1) is 11.5 Å². The minimum Gasteiger partial charge on any atom is -0.466 e. The average Bonchev–Trinajstić information content (AvgIpc) is 3.09. The Labute approximate surface area is 142 Å². The molecule has 7 heteroatoms. The molecule has 0 atom stereocenters. The number of esters is 1. The summed E-state index contributed by atoms with van der Waals surface area (Å²) in [5.41, 5.74) is 0.795. The molecule has 1 aromatic heterocycles. The monoisotopic (exact) mass is 353 g/mol. The smallest absolute Gasteiger partial charge is 0.306 e. The summed E-state index contributed by atoms with van der Waals surface area (Å²) in [5, 5.41) is 4.59. The second-order valence-corrected chi connectivity index (χ2v) is 7.02. The van der Waals surface area contributed by atoms with E-state index in [1.807, 2.05) is 29.7 Å². The molecule has 0 unspecified atom stereocenters. The highest BCUT2D eigenvalue weighted by Gasteiger charge is 2.25. The van der Waals surface area contributed by atoms with Gasteiger partial charge >= 0.3 is 5.97 Å². The lowest BCUT2D eigenvalue weighted by Gasteiger charge is -2.05. The van der Waals surface area contributed by atoms with Gasteiger partial charge in [0.2, 0.25) is 0 Å². The molecule has 1 N–H and O–H groups in total. The van der Waals surface area contributed by atoms with Crippen LogP contribution in [0, 0.1) is 0 Å². The van der Waals surface area contributed by atoms with Crippen LogP contribution in [0.15, 0.2) is 34.1 Å². The Kier molecular flexibility index (Phi) is 6.35. The summed E-state index contributed by atoms with van der Waals surface area (Å²) in [6, 6.07) is 3.95. The third kappa shape index (κ3) is 4.79. The Morgan fingerprint density at radius 1 is 1.45 bits per heavy atom. The van der Waals surface area contributed by atoms with Crippen molar-refractivity contribution in [3.8, 4) is 0 Å². The van der Waals surface area contributed by atoms with Crippen LogP contribution in [0.1, 0.15) is 24.6 Å². The maximum absolute atomic E-state index is 11.9. The molecule has 22 heavy (non-hydrogen) atoms. The zero-order chi connectivity index (χ0) is 15.9. The maximum atomic E-state index is 11.9. The van der Waals surface area contributed by atoms with Crippen LogP contribution in [0.25, 0.3) is 6.08 Å². The van der Waals surface area contributed by atoms with Gasteiger partial charge in [0.15, 0.2) is 0 Å². The van der Waals surface area contributed by atoms with E-state index in [1.165, 1.54) is 11.8 Å². The highest BCUT2D eigenvalue weighted by Crippen LogP contribution is 2.30. The number of hydrogen-bond donors (Lipinski definition) is 1. The van der Waals surface area contributed by atoms with E-state index in [9.17, 15) is 9.59 Å². The SMILES string of the molecule is CCOC(=O)CCC(C=Cc1cccs1)=C1SC(=S)NC1=O. The van der Waals surface area contributed by atoms with Crippen molar-refractivity contribution in [2.45, 2.75) is 19.8 Å². The highest BCUT2D eigenvalue weighted by molar-refractivity contribution is 8.26. The normalized spacial score (nSPS) is 17.0. The molecule has 0 aliphatic carbocycles. The molecule has 1 aromatic rings. The van der Waals surface area contributed by atoms with Crippen LogP contribution in [-0.2, 0) is 14.3 Å². The lowest BCUT2D eigenvalue weighted by molar-refractivity contribution is -0.143. The molecule has 116 valence electrons. The Hall–Kier alpha value is -1.44. The van der Waals surface area contributed by atoms with Gasteiger partial charge in [-0.1, -0.05) is 36.1 Å². The number of ether oxygens (including phenoxy) is 1. The van der Waals surface area contributed by atoms with Crippen molar-refractivity contribution in [2.24, 2.45) is 0 Å². The van der Waals surface area contributed by atoms with E-state index in [4.69, 9.17) is 17.0 Å². The van der Waals surface area contributed by atoms with E-state index in [1.54, 1.807) is 18.3 Å². The molecule has 0 bridgehead atoms. The topological polar surface area (TPSA) is 55.4 Å². The van der Waals surface area contributed by atoms with Crippen LogP contribution < -0.4 is 5.32 Å². The first kappa shape index (κ1) is 16.9. The van der Waals surface area contributed by atoms with E-state index in [-0.39, 0.29) is 18.3 Å². The van der Waals surface area contributed by atoms with Crippen LogP contribution in [0.3, 0.4) is 0 Å². The first-order valence-electron chi connectivity index (χ1n) is 6.73. The van der Waals surface area contributed by atoms with E-state index in [0.29, 0.717) is 22.3 Å². The molecular weight excluding hydrogens is 338 g/mol. The minimum atomic E-state index is -0.267. The summed E-state index contributed by atoms with van der Waals surface area (Å²) < 4.78 is 5.38. The number of thioether (sulfide) groups is 1. The minimum absolute atomic E-state index is 0.204. The molecule has 1 aliphatic heterocycles. The average molecular weight is 353 g/mol. The van der Waals surface area contributed by atoms with Gasteiger partial charge in [-0.3, -0.25) is 9.59 Å². The summed E-state index contributed by atoms with van der Waals surface area (Å²) in [7, 11) is 0. The number of nitrogens with one attached hydrogen (secondary N) is 1. The quantitative estimate of drug-likeness (QED) is 0.482. The number of rotatable bonds is 6. The number of hydrogen-bond acceptors (Lipinski definition) is 6. The fourth-order valence-electron chi connectivity index (χ4n) is 1.84. The van der Waals surface area contributed by atoms with Crippen molar-refractivity contribution < 1.29 is 14.3 Å². The molecule has 0 aromatic carbocycles. The molecule has 2 rings (SSSR count). The predicted molar refractivity (Wildman–Crippen MR) is 94.6 cm³/mol. The van der Waals surface area contributed by atoms with Gasteiger partial charge in [-0.2, -0.15) is 0 Å². The van der Waals surface area contributed by atoms with Crippen LogP contribution in [0.2, 0.25) is 0 Å². The van der Waals surface area contributed by atoms with Crippen molar-refractivity contribution in [3.63, 3.8) is 0 Å². The lowest BCUT2D eigenvalue weighted by atomic mass is 10.1. The summed E-state index contributed by atoms with van der Waals surface area (Å²) in [6.07, 6.45) is 4.50. The van der Waals surface area contributed by atoms with Crippen molar-refractivity contribution in [2.75, 3.05) is 6.61 Å². The molecule has 0 saturated carbocycles. The van der Waals surface area contributed by atoms with Gasteiger partial charge in [0.25, 0.3) is 5.91 Å². The van der Waals surface area contributed by atoms with Crippen LogP contribution in [-0.4, -0.2) is 22.8 Å². The summed E-state index contributed by atoms with van der Waals surface area (Å²) >= 11 is 7.86. The molecule has 1 amide bonds. The Bertz CT molecular complexity index is 632. The molecular formula is C15H15NO3S3. The molecule has 4 nitrogen and oxygen atoms in total. The first-order valence-corrected chi connectivity index (χ1v) is 8.84. The zero-order valence-electron chi connectivity index (χ0n) is 12.0. The van der Waals surface area contributed by atoms with E-state index in [2.05, 4.69) is 5.32 Å². The Balaban J connectivity index is 2.17. The van der Waals surface area contributed by atoms with Crippen LogP contribution in [0.5, 0.6) is 0 Å². The zero-order valence-corrected chi connectivity index (χ0v) is 14.4. The number of carbonyl (C=O) groups excluding carboxylic acids is 2. The number of carbonyl (C=O) groups is 2. The number of allylic oxidation sites excluding steroid dienone is 2. The fourth-order valence-corrected chi connectivity index (χ4v) is 3.57. The van der Waals surface area contributed by atoms with Gasteiger partial charge < -0.3 is 10.1 Å². The van der Waals surface area contributed by atoms with Crippen molar-refractivity contribution in [1.29, 1.82) is 0 Å². The third-order valence-corrected chi connectivity index (χ3v) is 4.93. The van der Waals surface area contributed by atoms with Crippen molar-refractivity contribution >= 4 is 57.6 Å². The number of thiocarbonyl (C=S) groups is 1. The van der Waals surface area contributed by atoms with Gasteiger partial charge in [0, 0.05) is 11.3 Å². The van der Waals surface area contributed by atoms with E-state index < -0.39 is 0 Å². The summed E-state index contributed by atoms with van der Waals surface area (Å²) in [5.74, 6) is -0.471. The molecule has 1 saturated heterocycles. The van der Waals surface area contributed by atoms with Crippen LogP contribution in [0.4, 0.5) is 0 Å². The fraction of sp³-hybridized carbons (Fsp3) is 0.267. The van der Waals surface area contributed by atoms with Gasteiger partial charge in [-0.25, -0.2) is 0 Å². The predicted octanol–water partition coefficient (Wildman–Crippen LogP) is 3.51. The van der Waals surface area contributed by atoms with Crippen LogP contribution >= 0.6 is 35.3 Å². The molecule has 0 radical (unpaired) electrons. The second kappa shape index (κ2) is 8.26. The summed E-state index contributed by atoms with van der Waals surface area (Å²) in [4.78, 5) is 25.1. The number of amides is 1. The lowest BCUT2D eigenvalue weighted by Crippen LogP contribution is -2.18. The molecule has 1 aliphatic rings. The number of thiophene rings is 1. The van der Waals surface area contributed by atoms with Crippen molar-refractivity contribution in [1.82, 2.24) is 5.32 Å². The highest BCUT2D eigenvalue weighted by atomic mass is 32.2. The van der Waals surface area contributed by atoms with Crippen molar-refractivity contribution in [3.05, 3.63) is 38.9 Å². The molecule has 1 fully saturated rings. The third-order valence-electron chi connectivity index (χ3n) is 2.80.